The van der Waals surface area contributed by atoms with Gasteiger partial charge in [-0.2, -0.15) is 0 Å². The van der Waals surface area contributed by atoms with Crippen molar-refractivity contribution < 1.29 is 141 Å². The number of carboxylic acid groups (broad SMARTS) is 5. The summed E-state index contributed by atoms with van der Waals surface area (Å²) in [5.41, 5.74) is 33.5. The molecule has 0 heterocycles. The maximum absolute atomic E-state index is 14.4. The standard InChI is InChI=1S/C84H146N24O29S/c1-12-42(7)66(81(135)96-48(45(10)109)24-20-32-92-84(90)91)107-79(133)57(36-64(121)122)103-80(134)65(41(5)6)105-73(127)50(22-15-18-30-86)99-77(131)56(35-63(119)120)104-83(137)68(46(11)110)108-74(128)51(23-16-19-31-87)98-72(126)53(26-28-61(115)116)97-69(123)44(9)94-76(130)54(33-40(3)4)101-78(132)55(34-62(117)118)102-71(125)49(21-14-17-29-85)100-82(136)67(43(8)13-2)106-75(129)52(25-27-60(113)114)95-59(112)37-93-70(124)47(88)38-138-39-58(89)111/h40-44,46-57,65-68,110H,12-39,85-88H2,1-11H3,(H2,89,111)(H,93,124)(H,94,130)(H,95,112)(H,96,135)(H,97,123)(H,98,126)(H,99,131)(H,100,136)(H,101,132)(H,102,125)(H,103,134)(H,104,137)(H,105,127)(H,106,129)(H,107,133)(H,108,128)(H,113,114)(H,115,116)(H,117,118)(H,119,120)(H,121,122)(H4,90,91,92)/t42-,43-,44-,46+,47-,48-,49-,50-,51-,52-,53-,54-,55-,56-,57-,65-,66-,67-,68-/m0/s1. The Bertz CT molecular complexity index is 4130. The molecule has 36 N–H and O–H groups in total. The number of hydrogen-bond acceptors (Lipinski definition) is 30. The van der Waals surface area contributed by atoms with E-state index in [1.54, 1.807) is 34.6 Å². The number of aliphatic hydroxyl groups is 1. The van der Waals surface area contributed by atoms with Gasteiger partial charge >= 0.3 is 29.8 Å². The first-order valence-corrected chi connectivity index (χ1v) is 46.7. The van der Waals surface area contributed by atoms with Gasteiger partial charge in [0.1, 0.15) is 84.6 Å². The van der Waals surface area contributed by atoms with Crippen molar-refractivity contribution in [3.8, 4) is 0 Å². The van der Waals surface area contributed by atoms with Crippen molar-refractivity contribution in [2.45, 2.75) is 314 Å². The number of amides is 17. The van der Waals surface area contributed by atoms with E-state index in [4.69, 9.17) is 39.8 Å². The highest BCUT2D eigenvalue weighted by Crippen LogP contribution is 2.18. The largest absolute Gasteiger partial charge is 0.481 e. The zero-order valence-electron chi connectivity index (χ0n) is 79.9. The molecule has 0 rings (SSSR count). The van der Waals surface area contributed by atoms with Gasteiger partial charge in [-0.05, 0) is 154 Å². The Morgan fingerprint density at radius 3 is 1.04 bits per heavy atom. The molecular formula is C84H146N24O29S. The first-order valence-electron chi connectivity index (χ1n) is 45.5. The van der Waals surface area contributed by atoms with E-state index in [2.05, 4.69) is 90.4 Å². The van der Waals surface area contributed by atoms with E-state index in [0.717, 1.165) is 25.6 Å². The highest BCUT2D eigenvalue weighted by molar-refractivity contribution is 8.00. The van der Waals surface area contributed by atoms with Crippen LogP contribution in [-0.2, 0) is 110 Å². The van der Waals surface area contributed by atoms with Crippen molar-refractivity contribution >= 4 is 154 Å². The van der Waals surface area contributed by atoms with Gasteiger partial charge in [0.2, 0.25) is 100 Å². The number of aliphatic hydroxyl groups excluding tert-OH is 1. The van der Waals surface area contributed by atoms with E-state index in [0.29, 0.717) is 0 Å². The first kappa shape index (κ1) is 125. The molecule has 782 valence electrons. The second-order valence-electron chi connectivity index (χ2n) is 34.1. The smallest absolute Gasteiger partial charge is 0.305 e. The van der Waals surface area contributed by atoms with E-state index in [9.17, 15) is 141 Å². The molecule has 17 amide bonds. The van der Waals surface area contributed by atoms with Gasteiger partial charge in [-0.15, -0.1) is 11.8 Å². The Balaban J connectivity index is 7.17. The minimum atomic E-state index is -2.15. The maximum atomic E-state index is 14.4. The molecule has 0 saturated heterocycles. The molecule has 138 heavy (non-hydrogen) atoms. The van der Waals surface area contributed by atoms with Crippen molar-refractivity contribution in [2.24, 2.45) is 58.1 Å². The molecule has 0 fully saturated rings. The van der Waals surface area contributed by atoms with Crippen LogP contribution in [0.4, 0.5) is 0 Å². The normalized spacial score (nSPS) is 15.3. The molecule has 0 aliphatic heterocycles. The van der Waals surface area contributed by atoms with Crippen LogP contribution in [0.3, 0.4) is 0 Å². The lowest BCUT2D eigenvalue weighted by molar-refractivity contribution is -0.143. The van der Waals surface area contributed by atoms with Crippen LogP contribution in [0, 0.1) is 29.1 Å². The topological polar surface area (TPSA) is 898 Å². The number of nitrogens with two attached hydrogens (primary N) is 6. The quantitative estimate of drug-likeness (QED) is 0.0153. The Morgan fingerprint density at radius 1 is 0.348 bits per heavy atom. The zero-order chi connectivity index (χ0) is 106. The molecule has 0 aromatic rings. The monoisotopic (exact) mass is 1990 g/mol. The highest BCUT2D eigenvalue weighted by atomic mass is 32.2. The summed E-state index contributed by atoms with van der Waals surface area (Å²) in [6.45, 7) is 15.4. The number of carbonyl (C=O) groups excluding carboxylic acids is 18. The summed E-state index contributed by atoms with van der Waals surface area (Å²) in [7, 11) is 0. The second kappa shape index (κ2) is 66.8. The first-order chi connectivity index (χ1) is 64.6. The number of hydrogen-bond donors (Lipinski definition) is 30. The van der Waals surface area contributed by atoms with Crippen molar-refractivity contribution in [3.63, 3.8) is 0 Å². The SMILES string of the molecule is CC[C@H](C)[C@H](NC(=O)[C@H](CC(=O)O)NC(=O)[C@@H](NC(=O)[C@H](CCCCN)NC(=O)[C@H](CC(=O)O)NC(=O)[C@@H](NC(=O)[C@H](CCCCN)NC(=O)[C@H](CCC(=O)O)NC(=O)[C@H](C)NC(=O)[C@H](CC(C)C)NC(=O)[C@H](CC(=O)O)NC(=O)[C@H](CCCCN)NC(=O)[C@@H](NC(=O)[C@H](CCC(=O)O)NC(=O)CNC(=O)[C@@H](N)CSCC(N)=O)[C@@H](C)CC)[C@@H](C)O)C(C)C)C(=O)N[C@@H](CCCNC(=N)N)C(C)=O. The molecule has 0 aromatic carbocycles. The number of carbonyl (C=O) groups is 23. The van der Waals surface area contributed by atoms with E-state index in [1.165, 1.54) is 27.7 Å². The second-order valence-corrected chi connectivity index (χ2v) is 35.2. The molecule has 0 aliphatic carbocycles. The summed E-state index contributed by atoms with van der Waals surface area (Å²) in [6, 6.07) is -27.0. The number of primary amides is 1. The summed E-state index contributed by atoms with van der Waals surface area (Å²) in [6.07, 6.45) is -7.53. The number of Topliss-reactive ketones (excluding diaryl/α,β-unsaturated/α-hetero) is 1. The van der Waals surface area contributed by atoms with Gasteiger partial charge in [-0.25, -0.2) is 0 Å². The molecule has 19 atom stereocenters. The predicted octanol–water partition coefficient (Wildman–Crippen LogP) is -8.49. The van der Waals surface area contributed by atoms with Gasteiger partial charge < -0.3 is 155 Å². The van der Waals surface area contributed by atoms with E-state index in [1.807, 2.05) is 0 Å². The van der Waals surface area contributed by atoms with Crippen molar-refractivity contribution in [1.29, 1.82) is 5.41 Å². The van der Waals surface area contributed by atoms with Gasteiger partial charge in [-0.3, -0.25) is 116 Å². The molecular weight excluding hydrogens is 1840 g/mol. The zero-order valence-corrected chi connectivity index (χ0v) is 80.7. The molecule has 0 aliphatic rings. The van der Waals surface area contributed by atoms with Crippen LogP contribution >= 0.6 is 11.8 Å². The van der Waals surface area contributed by atoms with E-state index >= 15 is 0 Å². The van der Waals surface area contributed by atoms with Gasteiger partial charge in [0.25, 0.3) is 0 Å². The van der Waals surface area contributed by atoms with Crippen LogP contribution in [0.25, 0.3) is 0 Å². The molecule has 0 bridgehead atoms. The molecule has 0 spiro atoms. The fourth-order valence-electron chi connectivity index (χ4n) is 13.2. The lowest BCUT2D eigenvalue weighted by Crippen LogP contribution is -2.62. The summed E-state index contributed by atoms with van der Waals surface area (Å²) in [4.78, 5) is 309. The number of guanidine groups is 1. The predicted molar refractivity (Wildman–Crippen MR) is 496 cm³/mol. The average molecular weight is 1990 g/mol. The molecule has 54 heteroatoms. The van der Waals surface area contributed by atoms with Gasteiger partial charge in [0.05, 0.1) is 49.7 Å². The van der Waals surface area contributed by atoms with Crippen LogP contribution in [-0.4, -0.2) is 320 Å². The Morgan fingerprint density at radius 2 is 0.667 bits per heavy atom. The number of thioether (sulfide) groups is 1. The number of carboxylic acids is 5. The molecule has 0 saturated carbocycles. The highest BCUT2D eigenvalue weighted by Gasteiger charge is 2.42. The van der Waals surface area contributed by atoms with Crippen LogP contribution in [0.5, 0.6) is 0 Å². The van der Waals surface area contributed by atoms with Crippen molar-refractivity contribution in [3.05, 3.63) is 0 Å². The molecule has 0 radical (unpaired) electrons. The fraction of sp³-hybridized carbons (Fsp3) is 0.714. The van der Waals surface area contributed by atoms with Crippen molar-refractivity contribution in [2.75, 3.05) is 44.2 Å². The lowest BCUT2D eigenvalue weighted by atomic mass is 9.96. The third kappa shape index (κ3) is 51.0. The van der Waals surface area contributed by atoms with E-state index < -0.39 is 314 Å². The summed E-state index contributed by atoms with van der Waals surface area (Å²) in [5, 5.41) is 108. The van der Waals surface area contributed by atoms with Crippen molar-refractivity contribution in [1.82, 2.24) is 90.4 Å². The van der Waals surface area contributed by atoms with Gasteiger partial charge in [-0.1, -0.05) is 68.2 Å². The number of aliphatic carboxylic acids is 5. The Hall–Kier alpha value is -12.6. The minimum absolute atomic E-state index is 0.0172. The lowest BCUT2D eigenvalue weighted by Gasteiger charge is -2.30. The molecule has 0 unspecified atom stereocenters. The third-order valence-electron chi connectivity index (χ3n) is 21.4. The Labute approximate surface area is 803 Å². The Kier molecular flexibility index (Phi) is 60.7. The summed E-state index contributed by atoms with van der Waals surface area (Å²) in [5.74, 6) is -30.6. The third-order valence-corrected chi connectivity index (χ3v) is 22.5. The van der Waals surface area contributed by atoms with E-state index in [-0.39, 0.29) is 134 Å². The molecule has 53 nitrogen and oxygen atoms in total. The van der Waals surface area contributed by atoms with Crippen LogP contribution in [0.15, 0.2) is 0 Å². The van der Waals surface area contributed by atoms with Gasteiger partial charge in [0.15, 0.2) is 11.7 Å². The minimum Gasteiger partial charge on any atom is -0.481 e. The number of unbranched alkanes of at least 4 members (excludes halogenated alkanes) is 3. The van der Waals surface area contributed by atoms with Gasteiger partial charge in [0, 0.05) is 25.1 Å². The number of rotatable bonds is 73. The van der Waals surface area contributed by atoms with Crippen LogP contribution < -0.4 is 125 Å². The molecule has 0 aromatic heterocycles. The van der Waals surface area contributed by atoms with Crippen LogP contribution in [0.1, 0.15) is 211 Å². The number of ketones is 1. The average Bonchev–Trinajstić information content (AvgIpc) is 0.843. The van der Waals surface area contributed by atoms with Crippen LogP contribution in [0.2, 0.25) is 0 Å². The maximum Gasteiger partial charge on any atom is 0.305 e. The number of nitrogens with one attached hydrogen (secondary N) is 18. The summed E-state index contributed by atoms with van der Waals surface area (Å²) >= 11 is 0.948. The fourth-order valence-corrected chi connectivity index (χ4v) is 13.9. The summed E-state index contributed by atoms with van der Waals surface area (Å²) < 4.78 is 0.